The second-order valence-corrected chi connectivity index (χ2v) is 3.66. The molecule has 0 radical (unpaired) electrons. The number of ether oxygens (including phenoxy) is 1. The van der Waals surface area contributed by atoms with Crippen LogP contribution in [0.15, 0.2) is 30.4 Å². The number of nitrogens with zero attached hydrogens (tertiary/aromatic N) is 2. The van der Waals surface area contributed by atoms with Crippen LogP contribution in [0.1, 0.15) is 18.1 Å². The molecule has 1 N–H and O–H groups in total. The summed E-state index contributed by atoms with van der Waals surface area (Å²) in [5.41, 5.74) is 1.54. The van der Waals surface area contributed by atoms with Crippen LogP contribution in [0.4, 0.5) is 5.69 Å². The SMILES string of the molecule is C=C(CNc1ccc(C#N)c(C#N)c1)C(=O)OCC. The van der Waals surface area contributed by atoms with Gasteiger partial charge in [-0.05, 0) is 25.1 Å². The van der Waals surface area contributed by atoms with E-state index in [1.165, 1.54) is 0 Å². The van der Waals surface area contributed by atoms with E-state index in [-0.39, 0.29) is 12.1 Å². The maximum Gasteiger partial charge on any atom is 0.335 e. The Bertz CT molecular complexity index is 579. The number of anilines is 1. The van der Waals surface area contributed by atoms with Crippen molar-refractivity contribution in [2.45, 2.75) is 6.92 Å². The Hall–Kier alpha value is -2.79. The van der Waals surface area contributed by atoms with Gasteiger partial charge < -0.3 is 10.1 Å². The third kappa shape index (κ3) is 3.86. The number of esters is 1. The van der Waals surface area contributed by atoms with Crippen molar-refractivity contribution in [3.8, 4) is 12.1 Å². The van der Waals surface area contributed by atoms with Gasteiger partial charge in [0.05, 0.1) is 17.7 Å². The summed E-state index contributed by atoms with van der Waals surface area (Å²) in [4.78, 5) is 11.3. The van der Waals surface area contributed by atoms with Gasteiger partial charge in [-0.3, -0.25) is 0 Å². The lowest BCUT2D eigenvalue weighted by Gasteiger charge is -2.09. The fourth-order valence-corrected chi connectivity index (χ4v) is 1.36. The third-order valence-electron chi connectivity index (χ3n) is 2.33. The molecule has 0 bridgehead atoms. The normalized spacial score (nSPS) is 9.00. The van der Waals surface area contributed by atoms with Crippen LogP contribution in [0.25, 0.3) is 0 Å². The van der Waals surface area contributed by atoms with Crippen molar-refractivity contribution in [2.24, 2.45) is 0 Å². The van der Waals surface area contributed by atoms with Crippen molar-refractivity contribution in [3.05, 3.63) is 41.5 Å². The van der Waals surface area contributed by atoms with Gasteiger partial charge in [0.2, 0.25) is 0 Å². The molecule has 0 aliphatic heterocycles. The van der Waals surface area contributed by atoms with E-state index in [4.69, 9.17) is 15.3 Å². The molecule has 0 amide bonds. The minimum Gasteiger partial charge on any atom is -0.463 e. The van der Waals surface area contributed by atoms with Crippen molar-refractivity contribution in [2.75, 3.05) is 18.5 Å². The maximum absolute atomic E-state index is 11.3. The number of rotatable bonds is 5. The molecule has 0 spiro atoms. The number of benzene rings is 1. The minimum atomic E-state index is -0.454. The highest BCUT2D eigenvalue weighted by atomic mass is 16.5. The lowest BCUT2D eigenvalue weighted by Crippen LogP contribution is -2.14. The number of hydrogen-bond donors (Lipinski definition) is 1. The van der Waals surface area contributed by atoms with Crippen LogP contribution in [-0.2, 0) is 9.53 Å². The lowest BCUT2D eigenvalue weighted by molar-refractivity contribution is -0.138. The summed E-state index contributed by atoms with van der Waals surface area (Å²) in [5, 5.41) is 20.6. The van der Waals surface area contributed by atoms with Gasteiger partial charge in [-0.25, -0.2) is 4.79 Å². The first-order valence-corrected chi connectivity index (χ1v) is 5.65. The molecule has 96 valence electrons. The fraction of sp³-hybridized carbons (Fsp3) is 0.214. The molecule has 0 aliphatic carbocycles. The number of nitriles is 2. The summed E-state index contributed by atoms with van der Waals surface area (Å²) in [6.07, 6.45) is 0. The molecule has 1 rings (SSSR count). The molecular formula is C14H13N3O2. The molecule has 0 unspecified atom stereocenters. The molecule has 1 aromatic carbocycles. The number of nitrogens with one attached hydrogen (secondary N) is 1. The Morgan fingerprint density at radius 1 is 1.37 bits per heavy atom. The van der Waals surface area contributed by atoms with Crippen molar-refractivity contribution >= 4 is 11.7 Å². The summed E-state index contributed by atoms with van der Waals surface area (Å²) >= 11 is 0. The molecule has 5 nitrogen and oxygen atoms in total. The van der Waals surface area contributed by atoms with E-state index in [0.717, 1.165) is 0 Å². The number of carbonyl (C=O) groups excluding carboxylic acids is 1. The Morgan fingerprint density at radius 3 is 2.63 bits per heavy atom. The van der Waals surface area contributed by atoms with Crippen LogP contribution in [0, 0.1) is 22.7 Å². The number of carbonyl (C=O) groups is 1. The maximum atomic E-state index is 11.3. The van der Waals surface area contributed by atoms with Crippen LogP contribution >= 0.6 is 0 Å². The topological polar surface area (TPSA) is 85.9 Å². The molecule has 0 saturated carbocycles. The molecule has 0 atom stereocenters. The van der Waals surface area contributed by atoms with Gasteiger partial charge >= 0.3 is 5.97 Å². The second kappa shape index (κ2) is 6.83. The molecule has 5 heteroatoms. The van der Waals surface area contributed by atoms with Gasteiger partial charge in [-0.2, -0.15) is 10.5 Å². The molecule has 0 aliphatic rings. The van der Waals surface area contributed by atoms with Crippen molar-refractivity contribution in [1.82, 2.24) is 0 Å². The molecule has 0 aromatic heterocycles. The minimum absolute atomic E-state index is 0.218. The first-order chi connectivity index (χ1) is 9.12. The third-order valence-corrected chi connectivity index (χ3v) is 2.33. The van der Waals surface area contributed by atoms with Gasteiger partial charge in [-0.15, -0.1) is 0 Å². The highest BCUT2D eigenvalue weighted by Gasteiger charge is 2.08. The van der Waals surface area contributed by atoms with Crippen LogP contribution in [-0.4, -0.2) is 19.1 Å². The van der Waals surface area contributed by atoms with Crippen LogP contribution in [0.2, 0.25) is 0 Å². The zero-order valence-corrected chi connectivity index (χ0v) is 10.6. The Labute approximate surface area is 111 Å². The van der Waals surface area contributed by atoms with Crippen molar-refractivity contribution < 1.29 is 9.53 Å². The van der Waals surface area contributed by atoms with Gasteiger partial charge in [0, 0.05) is 17.8 Å². The average Bonchev–Trinajstić information content (AvgIpc) is 2.44. The average molecular weight is 255 g/mol. The molecule has 0 fully saturated rings. The first kappa shape index (κ1) is 14.3. The van der Waals surface area contributed by atoms with Gasteiger partial charge in [0.25, 0.3) is 0 Å². The lowest BCUT2D eigenvalue weighted by atomic mass is 10.1. The summed E-state index contributed by atoms with van der Waals surface area (Å²) in [5.74, 6) is -0.454. The second-order valence-electron chi connectivity index (χ2n) is 3.66. The van der Waals surface area contributed by atoms with E-state index in [1.807, 2.05) is 12.1 Å². The van der Waals surface area contributed by atoms with E-state index in [0.29, 0.717) is 23.4 Å². The molecule has 0 saturated heterocycles. The van der Waals surface area contributed by atoms with E-state index in [1.54, 1.807) is 25.1 Å². The summed E-state index contributed by atoms with van der Waals surface area (Å²) in [6, 6.07) is 8.64. The largest absolute Gasteiger partial charge is 0.463 e. The quantitative estimate of drug-likeness (QED) is 0.642. The monoisotopic (exact) mass is 255 g/mol. The van der Waals surface area contributed by atoms with Crippen molar-refractivity contribution in [1.29, 1.82) is 10.5 Å². The first-order valence-electron chi connectivity index (χ1n) is 5.65. The molecule has 19 heavy (non-hydrogen) atoms. The van der Waals surface area contributed by atoms with Gasteiger partial charge in [0.1, 0.15) is 12.1 Å². The van der Waals surface area contributed by atoms with Crippen LogP contribution < -0.4 is 5.32 Å². The predicted octanol–water partition coefficient (Wildman–Crippen LogP) is 1.96. The zero-order valence-electron chi connectivity index (χ0n) is 10.6. The van der Waals surface area contributed by atoms with Crippen LogP contribution in [0.5, 0.6) is 0 Å². The van der Waals surface area contributed by atoms with E-state index in [2.05, 4.69) is 11.9 Å². The smallest absolute Gasteiger partial charge is 0.335 e. The summed E-state index contributed by atoms with van der Waals surface area (Å²) in [7, 11) is 0. The van der Waals surface area contributed by atoms with Crippen molar-refractivity contribution in [3.63, 3.8) is 0 Å². The molecule has 1 aromatic rings. The molecule has 0 heterocycles. The van der Waals surface area contributed by atoms with Crippen LogP contribution in [0.3, 0.4) is 0 Å². The Morgan fingerprint density at radius 2 is 2.05 bits per heavy atom. The van der Waals surface area contributed by atoms with Gasteiger partial charge in [-0.1, -0.05) is 6.58 Å². The van der Waals surface area contributed by atoms with E-state index >= 15 is 0 Å². The van der Waals surface area contributed by atoms with Gasteiger partial charge in [0.15, 0.2) is 0 Å². The summed E-state index contributed by atoms with van der Waals surface area (Å²) < 4.78 is 4.80. The van der Waals surface area contributed by atoms with E-state index in [9.17, 15) is 4.79 Å². The fourth-order valence-electron chi connectivity index (χ4n) is 1.36. The zero-order chi connectivity index (χ0) is 14.3. The summed E-state index contributed by atoms with van der Waals surface area (Å²) in [6.45, 7) is 5.85. The standard InChI is InChI=1S/C14H13N3O2/c1-3-19-14(18)10(2)9-17-13-5-4-11(7-15)12(6-13)8-16/h4-6,17H,2-3,9H2,1H3. The predicted molar refractivity (Wildman–Crippen MR) is 70.1 cm³/mol. The Kier molecular flexibility index (Phi) is 5.13. The number of hydrogen-bond acceptors (Lipinski definition) is 5. The highest BCUT2D eigenvalue weighted by molar-refractivity contribution is 5.88. The van der Waals surface area contributed by atoms with E-state index < -0.39 is 5.97 Å². The highest BCUT2D eigenvalue weighted by Crippen LogP contribution is 2.14. The molecular weight excluding hydrogens is 242 g/mol. The Balaban J connectivity index is 2.70.